The van der Waals surface area contributed by atoms with Crippen LogP contribution in [0.3, 0.4) is 0 Å². The zero-order valence-electron chi connectivity index (χ0n) is 14.0. The van der Waals surface area contributed by atoms with E-state index >= 15 is 0 Å². The molecule has 0 aliphatic carbocycles. The highest BCUT2D eigenvalue weighted by molar-refractivity contribution is 7.98. The van der Waals surface area contributed by atoms with Gasteiger partial charge in [-0.15, -0.1) is 0 Å². The molecule has 0 atom stereocenters. The van der Waals surface area contributed by atoms with Crippen molar-refractivity contribution in [1.82, 2.24) is 5.32 Å². The van der Waals surface area contributed by atoms with Crippen LogP contribution in [0.15, 0.2) is 70.0 Å². The molecular formula is C20H14F3N3S. The predicted octanol–water partition coefficient (Wildman–Crippen LogP) is 5.35. The first kappa shape index (κ1) is 17.5. The monoisotopic (exact) mass is 385 g/mol. The van der Waals surface area contributed by atoms with Crippen molar-refractivity contribution < 1.29 is 13.2 Å². The second-order valence-electron chi connectivity index (χ2n) is 5.94. The zero-order chi connectivity index (χ0) is 18.8. The maximum atomic E-state index is 13.8. The summed E-state index contributed by atoms with van der Waals surface area (Å²) in [7, 11) is 0. The number of hydrogen-bond acceptors (Lipinski definition) is 4. The number of hydrogen-bond donors (Lipinski definition) is 2. The van der Waals surface area contributed by atoms with Crippen molar-refractivity contribution in [2.75, 3.05) is 5.32 Å². The highest BCUT2D eigenvalue weighted by Gasteiger charge is 2.18. The highest BCUT2D eigenvalue weighted by Crippen LogP contribution is 2.39. The molecule has 7 heteroatoms. The van der Waals surface area contributed by atoms with E-state index < -0.39 is 11.6 Å². The third-order valence-electron chi connectivity index (χ3n) is 4.08. The minimum Gasteiger partial charge on any atom is -0.351 e. The average molecular weight is 385 g/mol. The molecule has 1 aliphatic heterocycles. The van der Waals surface area contributed by atoms with E-state index in [2.05, 4.69) is 15.0 Å². The minimum atomic E-state index is -0.641. The topological polar surface area (TPSA) is 36.4 Å². The molecule has 0 radical (unpaired) electrons. The van der Waals surface area contributed by atoms with Crippen LogP contribution in [0.2, 0.25) is 0 Å². The number of benzene rings is 3. The molecule has 0 aromatic heterocycles. The largest absolute Gasteiger partial charge is 0.351 e. The van der Waals surface area contributed by atoms with Crippen molar-refractivity contribution in [2.45, 2.75) is 11.4 Å². The van der Waals surface area contributed by atoms with E-state index in [1.165, 1.54) is 30.1 Å². The second-order valence-corrected chi connectivity index (χ2v) is 6.74. The number of guanidine groups is 1. The first-order valence-corrected chi connectivity index (χ1v) is 8.96. The van der Waals surface area contributed by atoms with Gasteiger partial charge >= 0.3 is 0 Å². The molecule has 0 spiro atoms. The van der Waals surface area contributed by atoms with Gasteiger partial charge in [-0.05, 0) is 29.8 Å². The summed E-state index contributed by atoms with van der Waals surface area (Å²) in [6.07, 6.45) is 0. The normalized spacial score (nSPS) is 12.8. The molecule has 0 amide bonds. The smallest absolute Gasteiger partial charge is 0.208 e. The van der Waals surface area contributed by atoms with Gasteiger partial charge in [0.2, 0.25) is 5.96 Å². The van der Waals surface area contributed by atoms with Crippen LogP contribution in [0.4, 0.5) is 18.9 Å². The quantitative estimate of drug-likeness (QED) is 0.597. The number of rotatable bonds is 3. The van der Waals surface area contributed by atoms with E-state index in [-0.39, 0.29) is 12.4 Å². The maximum Gasteiger partial charge on any atom is 0.208 e. The summed E-state index contributed by atoms with van der Waals surface area (Å²) in [5.74, 6) is -1.14. The van der Waals surface area contributed by atoms with Crippen LogP contribution in [0, 0.1) is 17.5 Å². The van der Waals surface area contributed by atoms with Gasteiger partial charge in [0.25, 0.3) is 0 Å². The predicted molar refractivity (Wildman–Crippen MR) is 102 cm³/mol. The number of fused-ring (bicyclic) bond motifs is 1. The lowest BCUT2D eigenvalue weighted by atomic mass is 10.0. The molecule has 27 heavy (non-hydrogen) atoms. The Bertz CT molecular complexity index is 1020. The van der Waals surface area contributed by atoms with Crippen molar-refractivity contribution in [2.24, 2.45) is 4.40 Å². The molecule has 0 saturated heterocycles. The van der Waals surface area contributed by atoms with E-state index in [1.807, 2.05) is 6.07 Å². The standard InChI is InChI=1S/C20H14F3N3S/c21-14-8-13(9-15(22)10-14)16-5-3-7-18-19(16)25-20(26-27-18)24-11-12-4-1-2-6-17(12)23/h1-10H,11H2,(H2,24,25,26). The van der Waals surface area contributed by atoms with Gasteiger partial charge in [0.05, 0.1) is 10.6 Å². The Hall–Kier alpha value is -2.93. The number of nitrogens with zero attached hydrogens (tertiary/aromatic N) is 1. The fourth-order valence-corrected chi connectivity index (χ4v) is 3.51. The summed E-state index contributed by atoms with van der Waals surface area (Å²) in [5, 5.41) is 6.19. The van der Waals surface area contributed by atoms with Gasteiger partial charge in [-0.25, -0.2) is 13.2 Å². The SMILES string of the molecule is Fc1cc(F)cc(-c2cccc3c2NC(NCc2ccccc2F)=NS3)c1. The van der Waals surface area contributed by atoms with Crippen LogP contribution >= 0.6 is 11.9 Å². The molecule has 1 heterocycles. The van der Waals surface area contributed by atoms with Crippen LogP contribution in [0.1, 0.15) is 5.56 Å². The van der Waals surface area contributed by atoms with Gasteiger partial charge in [-0.2, -0.15) is 4.40 Å². The number of halogens is 3. The molecule has 1 aliphatic rings. The lowest BCUT2D eigenvalue weighted by molar-refractivity contribution is 0.584. The summed E-state index contributed by atoms with van der Waals surface area (Å²) in [4.78, 5) is 0.827. The first-order valence-electron chi connectivity index (χ1n) is 8.19. The molecule has 4 rings (SSSR count). The van der Waals surface area contributed by atoms with Crippen molar-refractivity contribution in [3.8, 4) is 11.1 Å². The van der Waals surface area contributed by atoms with Crippen LogP contribution in [0.5, 0.6) is 0 Å². The van der Waals surface area contributed by atoms with Gasteiger partial charge in [0, 0.05) is 35.7 Å². The van der Waals surface area contributed by atoms with E-state index in [4.69, 9.17) is 0 Å². The fraction of sp³-hybridized carbons (Fsp3) is 0.0500. The maximum absolute atomic E-state index is 13.8. The summed E-state index contributed by atoms with van der Waals surface area (Å²) in [6, 6.07) is 15.3. The highest BCUT2D eigenvalue weighted by atomic mass is 32.2. The van der Waals surface area contributed by atoms with Gasteiger partial charge < -0.3 is 10.6 Å². The van der Waals surface area contributed by atoms with Crippen LogP contribution < -0.4 is 10.6 Å². The second kappa shape index (κ2) is 7.36. The Morgan fingerprint density at radius 1 is 0.926 bits per heavy atom. The van der Waals surface area contributed by atoms with Crippen LogP contribution in [0.25, 0.3) is 11.1 Å². The van der Waals surface area contributed by atoms with Crippen LogP contribution in [-0.2, 0) is 6.54 Å². The summed E-state index contributed by atoms with van der Waals surface area (Å²) < 4.78 is 45.4. The third-order valence-corrected chi connectivity index (χ3v) is 4.89. The molecule has 0 fully saturated rings. The van der Waals surface area contributed by atoms with Crippen molar-refractivity contribution in [3.63, 3.8) is 0 Å². The summed E-state index contributed by atoms with van der Waals surface area (Å²) in [6.45, 7) is 0.255. The Morgan fingerprint density at radius 2 is 1.70 bits per heavy atom. The molecule has 3 aromatic rings. The van der Waals surface area contributed by atoms with Gasteiger partial charge in [0.1, 0.15) is 17.5 Å². The Balaban J connectivity index is 1.59. The number of anilines is 1. The third kappa shape index (κ3) is 3.78. The lowest BCUT2D eigenvalue weighted by Gasteiger charge is -2.21. The fourth-order valence-electron chi connectivity index (χ4n) is 2.82. The van der Waals surface area contributed by atoms with E-state index in [0.717, 1.165) is 11.0 Å². The minimum absolute atomic E-state index is 0.255. The molecule has 0 saturated carbocycles. The number of para-hydroxylation sites is 1. The zero-order valence-corrected chi connectivity index (χ0v) is 14.8. The molecular weight excluding hydrogens is 371 g/mol. The van der Waals surface area contributed by atoms with E-state index in [0.29, 0.717) is 28.3 Å². The Morgan fingerprint density at radius 3 is 2.48 bits per heavy atom. The number of nitrogens with one attached hydrogen (secondary N) is 2. The molecule has 0 unspecified atom stereocenters. The average Bonchev–Trinajstić information content (AvgIpc) is 2.66. The molecule has 2 N–H and O–H groups in total. The van der Waals surface area contributed by atoms with Gasteiger partial charge in [-0.1, -0.05) is 30.3 Å². The molecule has 136 valence electrons. The van der Waals surface area contributed by atoms with Crippen molar-refractivity contribution in [1.29, 1.82) is 0 Å². The molecule has 3 nitrogen and oxygen atoms in total. The molecule has 3 aromatic carbocycles. The van der Waals surface area contributed by atoms with Crippen molar-refractivity contribution >= 4 is 23.6 Å². The van der Waals surface area contributed by atoms with E-state index in [1.54, 1.807) is 30.3 Å². The Kier molecular flexibility index (Phi) is 4.77. The van der Waals surface area contributed by atoms with Crippen LogP contribution in [-0.4, -0.2) is 5.96 Å². The Labute approximate surface area is 158 Å². The van der Waals surface area contributed by atoms with Crippen molar-refractivity contribution in [3.05, 3.63) is 83.7 Å². The summed E-state index contributed by atoms with van der Waals surface area (Å²) >= 11 is 1.24. The van der Waals surface area contributed by atoms with Gasteiger partial charge in [0.15, 0.2) is 0 Å². The lowest BCUT2D eigenvalue weighted by Crippen LogP contribution is -2.31. The first-order chi connectivity index (χ1) is 13.1. The van der Waals surface area contributed by atoms with Gasteiger partial charge in [-0.3, -0.25) is 0 Å². The summed E-state index contributed by atoms with van der Waals surface area (Å²) in [5.41, 5.74) is 2.28. The molecule has 0 bridgehead atoms. The van der Waals surface area contributed by atoms with E-state index in [9.17, 15) is 13.2 Å².